The van der Waals surface area contributed by atoms with E-state index < -0.39 is 60.9 Å². The van der Waals surface area contributed by atoms with Crippen LogP contribution in [0.1, 0.15) is 6.92 Å². The fourth-order valence-corrected chi connectivity index (χ4v) is 2.27. The van der Waals surface area contributed by atoms with Crippen molar-refractivity contribution in [2.45, 2.75) is 49.3 Å². The Hall–Kier alpha value is -1.37. The number of hydrogen-bond donors (Lipinski definition) is 6. The van der Waals surface area contributed by atoms with Crippen molar-refractivity contribution in [3.05, 3.63) is 0 Å². The molecule has 23 heavy (non-hydrogen) atoms. The molecule has 1 heterocycles. The Morgan fingerprint density at radius 3 is 2.43 bits per heavy atom. The molecule has 0 bridgehead atoms. The smallest absolute Gasteiger partial charge is 0.369 e. The molecule has 1 rings (SSSR count). The molecule has 134 valence electrons. The zero-order valence-corrected chi connectivity index (χ0v) is 12.4. The lowest BCUT2D eigenvalue weighted by atomic mass is 9.87. The molecule has 0 aromatic carbocycles. The first kappa shape index (κ1) is 19.7. The van der Waals surface area contributed by atoms with Crippen LogP contribution in [-0.2, 0) is 19.1 Å². The number of rotatable bonds is 5. The topological polar surface area (TPSA) is 166 Å². The van der Waals surface area contributed by atoms with Crippen LogP contribution in [0, 0.1) is 0 Å². The number of halogens is 1. The third-order valence-electron chi connectivity index (χ3n) is 3.48. The van der Waals surface area contributed by atoms with Gasteiger partial charge in [0.05, 0.1) is 19.8 Å². The van der Waals surface area contributed by atoms with E-state index in [1.54, 1.807) is 0 Å². The fraction of sp³-hybridized carbons (Fsp3) is 0.833. The summed E-state index contributed by atoms with van der Waals surface area (Å²) in [5.74, 6) is -5.57. The van der Waals surface area contributed by atoms with Crippen LogP contribution in [-0.4, -0.2) is 93.5 Å². The van der Waals surface area contributed by atoms with Crippen LogP contribution in [0.25, 0.3) is 0 Å². The molecule has 10 nitrogen and oxygen atoms in total. The van der Waals surface area contributed by atoms with Gasteiger partial charge in [-0.3, -0.25) is 4.79 Å². The van der Waals surface area contributed by atoms with Gasteiger partial charge in [0.2, 0.25) is 5.91 Å². The second-order valence-electron chi connectivity index (χ2n) is 5.13. The first-order valence-electron chi connectivity index (χ1n) is 6.65. The van der Waals surface area contributed by atoms with Crippen molar-refractivity contribution in [1.29, 1.82) is 0 Å². The van der Waals surface area contributed by atoms with E-state index in [4.69, 9.17) is 9.84 Å². The molecular weight excluding hydrogens is 321 g/mol. The summed E-state index contributed by atoms with van der Waals surface area (Å²) < 4.78 is 23.2. The average Bonchev–Trinajstić information content (AvgIpc) is 2.52. The van der Waals surface area contributed by atoms with Crippen LogP contribution >= 0.6 is 0 Å². The Morgan fingerprint density at radius 1 is 1.43 bits per heavy atom. The van der Waals surface area contributed by atoms with Crippen molar-refractivity contribution in [2.24, 2.45) is 0 Å². The maximum atomic E-state index is 14.2. The summed E-state index contributed by atoms with van der Waals surface area (Å²) in [6, 6.07) is -1.61. The summed E-state index contributed by atoms with van der Waals surface area (Å²) >= 11 is 0. The molecular formula is C12H20FNO9. The van der Waals surface area contributed by atoms with Crippen molar-refractivity contribution < 1.29 is 49.0 Å². The third kappa shape index (κ3) is 3.76. The lowest BCUT2D eigenvalue weighted by Gasteiger charge is -2.46. The van der Waals surface area contributed by atoms with E-state index in [0.717, 1.165) is 14.0 Å². The molecule has 6 N–H and O–H groups in total. The predicted octanol–water partition coefficient (Wildman–Crippen LogP) is -3.84. The number of hydrogen-bond acceptors (Lipinski definition) is 9. The number of alkyl halides is 1. The maximum Gasteiger partial charge on any atom is 0.369 e. The van der Waals surface area contributed by atoms with Crippen molar-refractivity contribution in [3.8, 4) is 0 Å². The zero-order valence-electron chi connectivity index (χ0n) is 12.4. The number of amides is 1. The summed E-state index contributed by atoms with van der Waals surface area (Å²) in [5, 5.41) is 50.3. The Kier molecular flexibility index (Phi) is 6.39. The second kappa shape index (κ2) is 7.47. The molecule has 1 saturated heterocycles. The summed E-state index contributed by atoms with van der Waals surface area (Å²) in [5.41, 5.74) is 0. The number of carbonyl (C=O) groups excluding carboxylic acids is 2. The maximum absolute atomic E-state index is 14.2. The number of ether oxygens (including phenoxy) is 2. The number of methoxy groups -OCH3 is 1. The lowest BCUT2D eigenvalue weighted by Crippen LogP contribution is -2.72. The van der Waals surface area contributed by atoms with Gasteiger partial charge in [-0.25, -0.2) is 9.18 Å². The first-order chi connectivity index (χ1) is 10.6. The highest BCUT2D eigenvalue weighted by Gasteiger charge is 2.61. The fourth-order valence-electron chi connectivity index (χ4n) is 2.27. The second-order valence-corrected chi connectivity index (χ2v) is 5.13. The van der Waals surface area contributed by atoms with Gasteiger partial charge in [-0.1, -0.05) is 0 Å². The standard InChI is InChI=1S/C12H20FNO9/c1-4(16)14-6-8(19)10(13)12(21,11(20)22-2)23-9(6)7(18)5(17)3-15/h5-10,15,17-19,21H,3H2,1-2H3,(H,14,16)/t5?,6-,7?,8-,9+,10-,12+/m1/s1. The van der Waals surface area contributed by atoms with Crippen LogP contribution in [0.15, 0.2) is 0 Å². The number of aliphatic hydroxyl groups is 5. The molecule has 1 fully saturated rings. The van der Waals surface area contributed by atoms with Crippen LogP contribution in [0.4, 0.5) is 4.39 Å². The number of nitrogens with one attached hydrogen (secondary N) is 1. The molecule has 0 spiro atoms. The minimum atomic E-state index is -3.26. The number of esters is 1. The van der Waals surface area contributed by atoms with Gasteiger partial charge < -0.3 is 40.3 Å². The molecule has 1 aliphatic rings. The number of carbonyl (C=O) groups is 2. The highest BCUT2D eigenvalue weighted by atomic mass is 19.1. The van der Waals surface area contributed by atoms with Crippen LogP contribution in [0.2, 0.25) is 0 Å². The highest BCUT2D eigenvalue weighted by molar-refractivity contribution is 5.79. The largest absolute Gasteiger partial charge is 0.465 e. The molecule has 11 heteroatoms. The quantitative estimate of drug-likeness (QED) is 0.275. The minimum Gasteiger partial charge on any atom is -0.465 e. The Balaban J connectivity index is 3.22. The summed E-state index contributed by atoms with van der Waals surface area (Å²) in [6.07, 6.45) is -10.5. The van der Waals surface area contributed by atoms with Gasteiger partial charge in [-0.2, -0.15) is 0 Å². The monoisotopic (exact) mass is 341 g/mol. The third-order valence-corrected chi connectivity index (χ3v) is 3.48. The lowest BCUT2D eigenvalue weighted by molar-refractivity contribution is -0.321. The van der Waals surface area contributed by atoms with Crippen molar-refractivity contribution in [3.63, 3.8) is 0 Å². The summed E-state index contributed by atoms with van der Waals surface area (Å²) in [6.45, 7) is 0.104. The van der Waals surface area contributed by atoms with Gasteiger partial charge in [0.25, 0.3) is 0 Å². The summed E-state index contributed by atoms with van der Waals surface area (Å²) in [7, 11) is 0.830. The molecule has 0 aromatic heterocycles. The first-order valence-corrected chi connectivity index (χ1v) is 6.65. The Labute approximate surface area is 130 Å². The molecule has 0 aromatic rings. The Bertz CT molecular complexity index is 450. The molecule has 2 unspecified atom stereocenters. The normalized spacial score (nSPS) is 36.9. The molecule has 0 aliphatic carbocycles. The van der Waals surface area contributed by atoms with Crippen molar-refractivity contribution in [2.75, 3.05) is 13.7 Å². The van der Waals surface area contributed by atoms with Crippen LogP contribution in [0.5, 0.6) is 0 Å². The van der Waals surface area contributed by atoms with Gasteiger partial charge in [-0.15, -0.1) is 0 Å². The number of aliphatic hydroxyl groups excluding tert-OH is 4. The van der Waals surface area contributed by atoms with Gasteiger partial charge in [0.1, 0.15) is 24.4 Å². The van der Waals surface area contributed by atoms with Gasteiger partial charge in [0.15, 0.2) is 6.17 Å². The van der Waals surface area contributed by atoms with Crippen molar-refractivity contribution in [1.82, 2.24) is 5.32 Å². The highest BCUT2D eigenvalue weighted by Crippen LogP contribution is 2.33. The summed E-state index contributed by atoms with van der Waals surface area (Å²) in [4.78, 5) is 22.7. The van der Waals surface area contributed by atoms with E-state index >= 15 is 0 Å². The minimum absolute atomic E-state index is 0.732. The predicted molar refractivity (Wildman–Crippen MR) is 69.4 cm³/mol. The average molecular weight is 341 g/mol. The van der Waals surface area contributed by atoms with Crippen LogP contribution in [0.3, 0.4) is 0 Å². The van der Waals surface area contributed by atoms with Crippen molar-refractivity contribution >= 4 is 11.9 Å². The zero-order chi connectivity index (χ0) is 17.9. The van der Waals surface area contributed by atoms with E-state index in [1.807, 2.05) is 0 Å². The van der Waals surface area contributed by atoms with Crippen LogP contribution < -0.4 is 5.32 Å². The van der Waals surface area contributed by atoms with Gasteiger partial charge in [0, 0.05) is 6.92 Å². The molecule has 0 saturated carbocycles. The molecule has 1 amide bonds. The van der Waals surface area contributed by atoms with Gasteiger partial charge in [-0.05, 0) is 0 Å². The molecule has 1 aliphatic heterocycles. The van der Waals surface area contributed by atoms with E-state index in [2.05, 4.69) is 10.1 Å². The molecule has 7 atom stereocenters. The van der Waals surface area contributed by atoms with E-state index in [-0.39, 0.29) is 0 Å². The van der Waals surface area contributed by atoms with E-state index in [0.29, 0.717) is 0 Å². The Morgan fingerprint density at radius 2 is 2.00 bits per heavy atom. The van der Waals surface area contributed by atoms with Gasteiger partial charge >= 0.3 is 11.8 Å². The van der Waals surface area contributed by atoms with E-state index in [9.17, 15) is 34.4 Å². The van der Waals surface area contributed by atoms with E-state index in [1.165, 1.54) is 0 Å². The SMILES string of the molecule is COC(=O)[C@@]1(O)O[C@H](C(O)C(O)CO)[C@H](NC(C)=O)[C@@H](O)[C@H]1F. The molecule has 0 radical (unpaired) electrons.